The molecule has 0 spiro atoms. The van der Waals surface area contributed by atoms with Crippen molar-refractivity contribution in [2.45, 2.75) is 50.9 Å². The Bertz CT molecular complexity index is 1300. The first-order chi connectivity index (χ1) is 18.3. The van der Waals surface area contributed by atoms with Gasteiger partial charge in [0.2, 0.25) is 5.91 Å². The molecule has 0 saturated heterocycles. The summed E-state index contributed by atoms with van der Waals surface area (Å²) in [5.41, 5.74) is 1.49. The van der Waals surface area contributed by atoms with Crippen molar-refractivity contribution < 1.29 is 23.8 Å². The van der Waals surface area contributed by atoms with E-state index in [4.69, 9.17) is 14.2 Å². The van der Waals surface area contributed by atoms with Crippen LogP contribution in [0.2, 0.25) is 0 Å². The summed E-state index contributed by atoms with van der Waals surface area (Å²) in [4.78, 5) is 26.6. The molecule has 0 aliphatic heterocycles. The predicted octanol–water partition coefficient (Wildman–Crippen LogP) is 5.32. The Morgan fingerprint density at radius 3 is 2.68 bits per heavy atom. The van der Waals surface area contributed by atoms with E-state index in [0.717, 1.165) is 35.5 Å². The molecule has 1 aliphatic rings. The van der Waals surface area contributed by atoms with E-state index in [-0.39, 0.29) is 17.8 Å². The van der Waals surface area contributed by atoms with Crippen LogP contribution >= 0.6 is 23.1 Å². The van der Waals surface area contributed by atoms with Crippen molar-refractivity contribution in [2.24, 2.45) is 5.92 Å². The molecular formula is C27H32N4O5S2. The Morgan fingerprint density at radius 2 is 2.00 bits per heavy atom. The normalized spacial score (nSPS) is 15.3. The second kappa shape index (κ2) is 12.5. The van der Waals surface area contributed by atoms with Gasteiger partial charge in [-0.1, -0.05) is 24.8 Å². The third-order valence-corrected chi connectivity index (χ3v) is 8.42. The van der Waals surface area contributed by atoms with Crippen LogP contribution in [0.3, 0.4) is 0 Å². The second-order valence-electron chi connectivity index (χ2n) is 9.06. The fourth-order valence-electron chi connectivity index (χ4n) is 4.37. The number of amides is 1. The third kappa shape index (κ3) is 6.21. The van der Waals surface area contributed by atoms with Gasteiger partial charge >= 0.3 is 5.97 Å². The van der Waals surface area contributed by atoms with Crippen LogP contribution in [-0.4, -0.2) is 46.6 Å². The van der Waals surface area contributed by atoms with E-state index in [1.54, 1.807) is 13.2 Å². The molecule has 1 amide bonds. The van der Waals surface area contributed by atoms with Gasteiger partial charge in [0.05, 0.1) is 25.5 Å². The fourth-order valence-corrected chi connectivity index (χ4v) is 6.54. The number of anilines is 1. The summed E-state index contributed by atoms with van der Waals surface area (Å²) in [6.45, 7) is 8.40. The number of thioether (sulfide) groups is 1. The lowest BCUT2D eigenvalue weighted by atomic mass is 9.88. The SMILES string of the molecule is C=CCn1c(SCC(=O)Nc2sc3c(c2C(=O)OC)CCC(C)C3)nnc1C(C)Oc1ccc(OC)cc1. The van der Waals surface area contributed by atoms with Crippen molar-refractivity contribution in [1.29, 1.82) is 0 Å². The minimum atomic E-state index is -0.416. The predicted molar refractivity (Wildman–Crippen MR) is 148 cm³/mol. The van der Waals surface area contributed by atoms with Crippen molar-refractivity contribution in [3.8, 4) is 11.5 Å². The standard InChI is InChI=1S/C27H32N4O5S2/c1-6-13-31-24(17(3)36-19-10-8-18(34-4)9-11-19)29-30-27(31)37-15-22(32)28-25-23(26(33)35-5)20-12-7-16(2)14-21(20)38-25/h6,8-11,16-17H,1,7,12-15H2,2-5H3,(H,28,32). The van der Waals surface area contributed by atoms with Crippen molar-refractivity contribution in [3.05, 3.63) is 58.7 Å². The maximum absolute atomic E-state index is 12.9. The first-order valence-electron chi connectivity index (χ1n) is 12.3. The van der Waals surface area contributed by atoms with Crippen molar-refractivity contribution in [3.63, 3.8) is 0 Å². The van der Waals surface area contributed by atoms with Gasteiger partial charge in [-0.05, 0) is 61.9 Å². The van der Waals surface area contributed by atoms with Gasteiger partial charge in [0.25, 0.3) is 0 Å². The third-order valence-electron chi connectivity index (χ3n) is 6.28. The Kier molecular flexibility index (Phi) is 9.11. The van der Waals surface area contributed by atoms with Crippen LogP contribution in [0.1, 0.15) is 53.0 Å². The van der Waals surface area contributed by atoms with Gasteiger partial charge in [-0.15, -0.1) is 28.1 Å². The van der Waals surface area contributed by atoms with Crippen molar-refractivity contribution in [1.82, 2.24) is 14.8 Å². The molecule has 1 aromatic carbocycles. The van der Waals surface area contributed by atoms with Crippen LogP contribution in [0.15, 0.2) is 42.1 Å². The van der Waals surface area contributed by atoms with Gasteiger partial charge in [-0.3, -0.25) is 9.36 Å². The summed E-state index contributed by atoms with van der Waals surface area (Å²) >= 11 is 2.73. The smallest absolute Gasteiger partial charge is 0.341 e. The molecule has 9 nitrogen and oxygen atoms in total. The molecule has 2 aromatic heterocycles. The average Bonchev–Trinajstić information content (AvgIpc) is 3.48. The summed E-state index contributed by atoms with van der Waals surface area (Å²) in [6.07, 6.45) is 4.09. The number of hydrogen-bond acceptors (Lipinski definition) is 9. The number of hydrogen-bond donors (Lipinski definition) is 1. The molecule has 0 fully saturated rings. The van der Waals surface area contributed by atoms with Crippen LogP contribution in [0.25, 0.3) is 0 Å². The maximum Gasteiger partial charge on any atom is 0.341 e. The van der Waals surface area contributed by atoms with Gasteiger partial charge in [0, 0.05) is 11.4 Å². The van der Waals surface area contributed by atoms with Gasteiger partial charge < -0.3 is 19.5 Å². The van der Waals surface area contributed by atoms with E-state index in [9.17, 15) is 9.59 Å². The van der Waals surface area contributed by atoms with Gasteiger partial charge in [0.15, 0.2) is 17.1 Å². The molecule has 202 valence electrons. The van der Waals surface area contributed by atoms with Crippen LogP contribution in [0.5, 0.6) is 11.5 Å². The number of aromatic nitrogens is 3. The van der Waals surface area contributed by atoms with Crippen molar-refractivity contribution in [2.75, 3.05) is 25.3 Å². The minimum absolute atomic E-state index is 0.0998. The topological polar surface area (TPSA) is 105 Å². The number of methoxy groups -OCH3 is 2. The number of nitrogens with zero attached hydrogens (tertiary/aromatic N) is 3. The van der Waals surface area contributed by atoms with Gasteiger partial charge in [-0.25, -0.2) is 4.79 Å². The Balaban J connectivity index is 1.45. The summed E-state index contributed by atoms with van der Waals surface area (Å²) in [7, 11) is 2.98. The molecular weight excluding hydrogens is 524 g/mol. The number of esters is 1. The van der Waals surface area contributed by atoms with Gasteiger partial charge in [-0.2, -0.15) is 0 Å². The van der Waals surface area contributed by atoms with Crippen LogP contribution in [-0.2, 0) is 28.9 Å². The lowest BCUT2D eigenvalue weighted by molar-refractivity contribution is -0.113. The van der Waals surface area contributed by atoms with Crippen LogP contribution in [0.4, 0.5) is 5.00 Å². The number of ether oxygens (including phenoxy) is 3. The summed E-state index contributed by atoms with van der Waals surface area (Å²) in [6, 6.07) is 7.31. The summed E-state index contributed by atoms with van der Waals surface area (Å²) in [5, 5.41) is 12.7. The Morgan fingerprint density at radius 1 is 1.26 bits per heavy atom. The van der Waals surface area contributed by atoms with E-state index in [2.05, 4.69) is 29.0 Å². The fraction of sp³-hybridized carbons (Fsp3) is 0.407. The molecule has 2 unspecified atom stereocenters. The molecule has 2 atom stereocenters. The first kappa shape index (κ1) is 27.7. The number of thiophene rings is 1. The van der Waals surface area contributed by atoms with Crippen LogP contribution < -0.4 is 14.8 Å². The Labute approximate surface area is 230 Å². The zero-order valence-corrected chi connectivity index (χ0v) is 23.6. The maximum atomic E-state index is 12.9. The van der Waals surface area contributed by atoms with Gasteiger partial charge in [0.1, 0.15) is 16.5 Å². The average molecular weight is 557 g/mol. The highest BCUT2D eigenvalue weighted by Gasteiger charge is 2.29. The van der Waals surface area contributed by atoms with E-state index in [1.165, 1.54) is 30.2 Å². The molecule has 4 rings (SSSR count). The first-order valence-corrected chi connectivity index (χ1v) is 14.1. The highest BCUT2D eigenvalue weighted by atomic mass is 32.2. The number of rotatable bonds is 11. The molecule has 0 radical (unpaired) electrons. The number of carbonyl (C=O) groups is 2. The van der Waals surface area contributed by atoms with E-state index >= 15 is 0 Å². The molecule has 38 heavy (non-hydrogen) atoms. The van der Waals surface area contributed by atoms with E-state index in [1.807, 2.05) is 35.8 Å². The number of carbonyl (C=O) groups excluding carboxylic acids is 2. The highest BCUT2D eigenvalue weighted by molar-refractivity contribution is 7.99. The molecule has 2 heterocycles. The minimum Gasteiger partial charge on any atom is -0.497 e. The molecule has 11 heteroatoms. The molecule has 1 aliphatic carbocycles. The summed E-state index contributed by atoms with van der Waals surface area (Å²) in [5.74, 6) is 2.04. The molecule has 1 N–H and O–H groups in total. The molecule has 3 aromatic rings. The quantitative estimate of drug-likeness (QED) is 0.192. The summed E-state index contributed by atoms with van der Waals surface area (Å²) < 4.78 is 18.2. The van der Waals surface area contributed by atoms with E-state index < -0.39 is 5.97 Å². The van der Waals surface area contributed by atoms with Crippen LogP contribution in [0, 0.1) is 5.92 Å². The van der Waals surface area contributed by atoms with Crippen molar-refractivity contribution >= 4 is 40.0 Å². The zero-order valence-electron chi connectivity index (χ0n) is 22.0. The highest BCUT2D eigenvalue weighted by Crippen LogP contribution is 2.40. The monoisotopic (exact) mass is 556 g/mol. The second-order valence-corrected chi connectivity index (χ2v) is 11.1. The molecule has 0 saturated carbocycles. The lowest BCUT2D eigenvalue weighted by Gasteiger charge is -2.18. The van der Waals surface area contributed by atoms with E-state index in [0.29, 0.717) is 39.8 Å². The Hall–Kier alpha value is -3.31. The lowest BCUT2D eigenvalue weighted by Crippen LogP contribution is -2.17. The number of fused-ring (bicyclic) bond motifs is 1. The molecule has 0 bridgehead atoms. The number of benzene rings is 1. The number of nitrogens with one attached hydrogen (secondary N) is 1. The number of allylic oxidation sites excluding steroid dienone is 1. The zero-order chi connectivity index (χ0) is 27.2. The largest absolute Gasteiger partial charge is 0.497 e.